The highest BCUT2D eigenvalue weighted by atomic mass is 19.1. The van der Waals surface area contributed by atoms with E-state index in [1.807, 2.05) is 10.6 Å². The molecule has 0 spiro atoms. The Hall–Kier alpha value is -1.79. The smallest absolute Gasteiger partial charge is 0.163 e. The summed E-state index contributed by atoms with van der Waals surface area (Å²) in [5.41, 5.74) is 2.44. The standard InChI is InChI=1S/C18H23FN4O/c1-2-22-12-20-21-18(22)17-11-23(8-9-24-17)16-5-3-4-13-6-7-14(19)10-15(13)16/h6-7,10,12,16-17H,2-5,8-9,11H2,1H3/t16-,17-/m1/s1. The summed E-state index contributed by atoms with van der Waals surface area (Å²) >= 11 is 0. The topological polar surface area (TPSA) is 43.2 Å². The van der Waals surface area contributed by atoms with Crippen LogP contribution in [0.5, 0.6) is 0 Å². The number of benzene rings is 1. The fourth-order valence-electron chi connectivity index (χ4n) is 3.99. The lowest BCUT2D eigenvalue weighted by Crippen LogP contribution is -2.42. The quantitative estimate of drug-likeness (QED) is 0.868. The second-order valence-electron chi connectivity index (χ2n) is 6.58. The first-order valence-corrected chi connectivity index (χ1v) is 8.78. The molecule has 0 bridgehead atoms. The van der Waals surface area contributed by atoms with Crippen LogP contribution >= 0.6 is 0 Å². The first-order chi connectivity index (χ1) is 11.8. The van der Waals surface area contributed by atoms with Crippen LogP contribution in [-0.2, 0) is 17.7 Å². The van der Waals surface area contributed by atoms with Crippen LogP contribution in [0, 0.1) is 5.82 Å². The van der Waals surface area contributed by atoms with Gasteiger partial charge in [-0.25, -0.2) is 4.39 Å². The van der Waals surface area contributed by atoms with E-state index >= 15 is 0 Å². The van der Waals surface area contributed by atoms with Gasteiger partial charge in [0.15, 0.2) is 5.82 Å². The van der Waals surface area contributed by atoms with E-state index in [9.17, 15) is 4.39 Å². The van der Waals surface area contributed by atoms with Gasteiger partial charge in [-0.3, -0.25) is 4.90 Å². The zero-order chi connectivity index (χ0) is 16.5. The van der Waals surface area contributed by atoms with Gasteiger partial charge in [0.2, 0.25) is 0 Å². The minimum absolute atomic E-state index is 0.0693. The van der Waals surface area contributed by atoms with Crippen molar-refractivity contribution in [3.63, 3.8) is 0 Å². The summed E-state index contributed by atoms with van der Waals surface area (Å²) in [6.07, 6.45) is 4.95. The van der Waals surface area contributed by atoms with Crippen molar-refractivity contribution in [2.45, 2.75) is 44.9 Å². The van der Waals surface area contributed by atoms with Gasteiger partial charge >= 0.3 is 0 Å². The zero-order valence-corrected chi connectivity index (χ0v) is 14.0. The molecule has 1 aliphatic heterocycles. The van der Waals surface area contributed by atoms with Gasteiger partial charge in [-0.1, -0.05) is 6.07 Å². The van der Waals surface area contributed by atoms with Crippen molar-refractivity contribution in [2.24, 2.45) is 0 Å². The molecule has 1 saturated heterocycles. The molecule has 0 saturated carbocycles. The van der Waals surface area contributed by atoms with Crippen LogP contribution in [-0.4, -0.2) is 39.4 Å². The van der Waals surface area contributed by atoms with E-state index in [0.717, 1.165) is 50.3 Å². The Morgan fingerprint density at radius 1 is 1.38 bits per heavy atom. The van der Waals surface area contributed by atoms with Crippen LogP contribution in [0.4, 0.5) is 4.39 Å². The average molecular weight is 330 g/mol. The van der Waals surface area contributed by atoms with Gasteiger partial charge in [0.05, 0.1) is 6.61 Å². The number of aromatic nitrogens is 3. The number of halogens is 1. The minimum atomic E-state index is -0.142. The van der Waals surface area contributed by atoms with E-state index in [1.165, 1.54) is 5.56 Å². The molecule has 2 aliphatic rings. The molecule has 2 aromatic rings. The molecule has 24 heavy (non-hydrogen) atoms. The number of hydrogen-bond donors (Lipinski definition) is 0. The highest BCUT2D eigenvalue weighted by molar-refractivity contribution is 5.33. The van der Waals surface area contributed by atoms with Crippen molar-refractivity contribution in [3.8, 4) is 0 Å². The summed E-state index contributed by atoms with van der Waals surface area (Å²) in [4.78, 5) is 2.43. The van der Waals surface area contributed by atoms with Crippen LogP contribution in [0.3, 0.4) is 0 Å². The molecular formula is C18H23FN4O. The molecule has 0 radical (unpaired) electrons. The second kappa shape index (κ2) is 6.61. The largest absolute Gasteiger partial charge is 0.368 e. The van der Waals surface area contributed by atoms with Gasteiger partial charge in [0.1, 0.15) is 18.2 Å². The molecule has 1 aromatic carbocycles. The molecule has 0 N–H and O–H groups in total. The van der Waals surface area contributed by atoms with Crippen molar-refractivity contribution in [2.75, 3.05) is 19.7 Å². The van der Waals surface area contributed by atoms with E-state index < -0.39 is 0 Å². The van der Waals surface area contributed by atoms with Crippen molar-refractivity contribution >= 4 is 0 Å². The third-order valence-electron chi connectivity index (χ3n) is 5.20. The molecule has 128 valence electrons. The molecule has 1 aromatic heterocycles. The van der Waals surface area contributed by atoms with Gasteiger partial charge in [0, 0.05) is 25.7 Å². The molecule has 2 heterocycles. The van der Waals surface area contributed by atoms with E-state index in [1.54, 1.807) is 18.5 Å². The zero-order valence-electron chi connectivity index (χ0n) is 14.0. The summed E-state index contributed by atoms with van der Waals surface area (Å²) in [6, 6.07) is 5.52. The molecule has 4 rings (SSSR count). The van der Waals surface area contributed by atoms with E-state index in [2.05, 4.69) is 22.0 Å². The predicted molar refractivity (Wildman–Crippen MR) is 88.0 cm³/mol. The summed E-state index contributed by atoms with van der Waals surface area (Å²) in [5.74, 6) is 0.744. The number of morpholine rings is 1. The first-order valence-electron chi connectivity index (χ1n) is 8.78. The number of hydrogen-bond acceptors (Lipinski definition) is 4. The van der Waals surface area contributed by atoms with E-state index in [-0.39, 0.29) is 18.0 Å². The number of aryl methyl sites for hydroxylation is 2. The molecule has 0 unspecified atom stereocenters. The van der Waals surface area contributed by atoms with Crippen LogP contribution in [0.25, 0.3) is 0 Å². The van der Waals surface area contributed by atoms with Crippen LogP contribution in [0.15, 0.2) is 24.5 Å². The Labute approximate surface area is 141 Å². The lowest BCUT2D eigenvalue weighted by molar-refractivity contribution is -0.0533. The summed E-state index contributed by atoms with van der Waals surface area (Å²) in [7, 11) is 0. The molecule has 6 heteroatoms. The van der Waals surface area contributed by atoms with Gasteiger partial charge in [0.25, 0.3) is 0 Å². The SMILES string of the molecule is CCn1cnnc1[C@H]1CN([C@@H]2CCCc3ccc(F)cc32)CCO1. The number of rotatable bonds is 3. The average Bonchev–Trinajstić information content (AvgIpc) is 3.10. The number of nitrogens with zero attached hydrogens (tertiary/aromatic N) is 4. The van der Waals surface area contributed by atoms with Gasteiger partial charge in [-0.15, -0.1) is 10.2 Å². The Balaban J connectivity index is 1.58. The van der Waals surface area contributed by atoms with Crippen molar-refractivity contribution in [1.82, 2.24) is 19.7 Å². The molecule has 2 atom stereocenters. The summed E-state index contributed by atoms with van der Waals surface area (Å²) in [5, 5.41) is 8.27. The lowest BCUT2D eigenvalue weighted by atomic mass is 9.86. The third kappa shape index (κ3) is 2.84. The predicted octanol–water partition coefficient (Wildman–Crippen LogP) is 2.89. The Morgan fingerprint density at radius 2 is 2.29 bits per heavy atom. The van der Waals surface area contributed by atoms with Crippen molar-refractivity contribution in [1.29, 1.82) is 0 Å². The maximum absolute atomic E-state index is 13.8. The highest BCUT2D eigenvalue weighted by Gasteiger charge is 2.32. The normalized spacial score (nSPS) is 24.8. The summed E-state index contributed by atoms with van der Waals surface area (Å²) < 4.78 is 21.8. The van der Waals surface area contributed by atoms with Gasteiger partial charge in [-0.05, 0) is 49.4 Å². The molecule has 0 amide bonds. The van der Waals surface area contributed by atoms with Crippen molar-refractivity contribution < 1.29 is 9.13 Å². The van der Waals surface area contributed by atoms with E-state index in [0.29, 0.717) is 6.61 Å². The van der Waals surface area contributed by atoms with Crippen LogP contribution < -0.4 is 0 Å². The lowest BCUT2D eigenvalue weighted by Gasteiger charge is -2.40. The molecular weight excluding hydrogens is 307 g/mol. The number of ether oxygens (including phenoxy) is 1. The highest BCUT2D eigenvalue weighted by Crippen LogP contribution is 2.37. The Morgan fingerprint density at radius 3 is 3.17 bits per heavy atom. The van der Waals surface area contributed by atoms with Crippen LogP contribution in [0.1, 0.15) is 48.9 Å². The number of fused-ring (bicyclic) bond motifs is 1. The first kappa shape index (κ1) is 15.7. The monoisotopic (exact) mass is 330 g/mol. The molecule has 5 nitrogen and oxygen atoms in total. The Bertz CT molecular complexity index is 717. The van der Waals surface area contributed by atoms with E-state index in [4.69, 9.17) is 4.74 Å². The summed E-state index contributed by atoms with van der Waals surface area (Å²) in [6.45, 7) is 5.23. The van der Waals surface area contributed by atoms with Crippen molar-refractivity contribution in [3.05, 3.63) is 47.3 Å². The fraction of sp³-hybridized carbons (Fsp3) is 0.556. The van der Waals surface area contributed by atoms with Crippen LogP contribution in [0.2, 0.25) is 0 Å². The molecule has 1 fully saturated rings. The van der Waals surface area contributed by atoms with Gasteiger partial charge < -0.3 is 9.30 Å². The Kier molecular flexibility index (Phi) is 4.33. The maximum atomic E-state index is 13.8. The molecule has 1 aliphatic carbocycles. The van der Waals surface area contributed by atoms with Gasteiger partial charge in [-0.2, -0.15) is 0 Å². The second-order valence-corrected chi connectivity index (χ2v) is 6.58. The minimum Gasteiger partial charge on any atom is -0.368 e. The maximum Gasteiger partial charge on any atom is 0.163 e. The fourth-order valence-corrected chi connectivity index (χ4v) is 3.99. The third-order valence-corrected chi connectivity index (χ3v) is 5.20.